The van der Waals surface area contributed by atoms with E-state index in [1.807, 2.05) is 18.2 Å². The van der Waals surface area contributed by atoms with Gasteiger partial charge in [0.05, 0.1) is 23.3 Å². The lowest BCUT2D eigenvalue weighted by atomic mass is 9.86. The Kier molecular flexibility index (Phi) is 7.59. The number of esters is 1. The topological polar surface area (TPSA) is 83.8 Å². The number of allylic oxidation sites excluding steroid dienone is 1. The van der Waals surface area contributed by atoms with Gasteiger partial charge in [0.15, 0.2) is 5.78 Å². The summed E-state index contributed by atoms with van der Waals surface area (Å²) < 4.78 is 4.90. The van der Waals surface area contributed by atoms with Gasteiger partial charge in [0, 0.05) is 5.57 Å². The Morgan fingerprint density at radius 3 is 2.45 bits per heavy atom. The number of aliphatic hydroxyl groups excluding tert-OH is 1. The molecule has 2 aromatic carbocycles. The van der Waals surface area contributed by atoms with Crippen molar-refractivity contribution in [3.8, 4) is 0 Å². The molecule has 0 heterocycles. The number of carbonyl (C=O) groups is 2. The van der Waals surface area contributed by atoms with Crippen molar-refractivity contribution in [2.45, 2.75) is 37.4 Å². The summed E-state index contributed by atoms with van der Waals surface area (Å²) in [7, 11) is 1.31. The van der Waals surface area contributed by atoms with Gasteiger partial charge in [0.2, 0.25) is 0 Å². The number of halogens is 1. The van der Waals surface area contributed by atoms with Crippen LogP contribution in [0.2, 0.25) is 0 Å². The maximum absolute atomic E-state index is 12.6. The highest BCUT2D eigenvalue weighted by Gasteiger charge is 2.46. The van der Waals surface area contributed by atoms with Crippen LogP contribution < -0.4 is 0 Å². The highest BCUT2D eigenvalue weighted by atomic mass is 79.9. The summed E-state index contributed by atoms with van der Waals surface area (Å²) in [4.78, 5) is 24.2. The average molecular weight is 485 g/mol. The Labute approximate surface area is 190 Å². The molecular weight excluding hydrogens is 460 g/mol. The zero-order valence-corrected chi connectivity index (χ0v) is 18.8. The summed E-state index contributed by atoms with van der Waals surface area (Å²) in [6.45, 7) is 0. The number of methoxy groups -OCH3 is 1. The van der Waals surface area contributed by atoms with Crippen molar-refractivity contribution in [2.24, 2.45) is 0 Å². The molecule has 5 nitrogen and oxygen atoms in total. The van der Waals surface area contributed by atoms with Gasteiger partial charge in [-0.15, -0.1) is 0 Å². The van der Waals surface area contributed by atoms with Gasteiger partial charge in [0.25, 0.3) is 0 Å². The fraction of sp³-hybridized carbons (Fsp3) is 0.280. The van der Waals surface area contributed by atoms with Crippen LogP contribution in [0.5, 0.6) is 0 Å². The molecule has 0 unspecified atom stereocenters. The van der Waals surface area contributed by atoms with Crippen LogP contribution >= 0.6 is 15.9 Å². The molecule has 162 valence electrons. The Bertz CT molecular complexity index is 994. The number of hydrogen-bond acceptors (Lipinski definition) is 5. The SMILES string of the molecule is COC(=O)c1ccc(/C=C2\C(=O)C(Br)=C[C@@]2(O)[C@H](O)CCCCc2ccccc2)cc1. The first-order chi connectivity index (χ1) is 14.8. The fourth-order valence-electron chi connectivity index (χ4n) is 3.64. The third-order valence-electron chi connectivity index (χ3n) is 5.43. The molecule has 1 aliphatic carbocycles. The summed E-state index contributed by atoms with van der Waals surface area (Å²) in [6, 6.07) is 16.6. The van der Waals surface area contributed by atoms with Crippen molar-refractivity contribution in [3.05, 3.63) is 87.4 Å². The van der Waals surface area contributed by atoms with Crippen molar-refractivity contribution >= 4 is 33.8 Å². The number of carbonyl (C=O) groups excluding carboxylic acids is 2. The summed E-state index contributed by atoms with van der Waals surface area (Å²) in [5.41, 5.74) is 0.562. The van der Waals surface area contributed by atoms with Gasteiger partial charge in [-0.05, 0) is 70.6 Å². The maximum atomic E-state index is 12.6. The zero-order valence-electron chi connectivity index (χ0n) is 17.3. The van der Waals surface area contributed by atoms with Gasteiger partial charge in [-0.2, -0.15) is 0 Å². The molecule has 0 radical (unpaired) electrons. The molecular formula is C25H25BrO5. The van der Waals surface area contributed by atoms with E-state index < -0.39 is 17.7 Å². The predicted molar refractivity (Wildman–Crippen MR) is 123 cm³/mol. The van der Waals surface area contributed by atoms with Gasteiger partial charge in [-0.3, -0.25) is 4.79 Å². The van der Waals surface area contributed by atoms with Gasteiger partial charge in [0.1, 0.15) is 5.60 Å². The molecule has 2 atom stereocenters. The quantitative estimate of drug-likeness (QED) is 0.332. The van der Waals surface area contributed by atoms with Crippen LogP contribution in [-0.4, -0.2) is 40.8 Å². The van der Waals surface area contributed by atoms with Crippen LogP contribution in [0.15, 0.2) is 70.7 Å². The first-order valence-corrected chi connectivity index (χ1v) is 10.9. The van der Waals surface area contributed by atoms with E-state index in [4.69, 9.17) is 0 Å². The fourth-order valence-corrected chi connectivity index (χ4v) is 4.20. The van der Waals surface area contributed by atoms with E-state index in [1.54, 1.807) is 30.3 Å². The zero-order chi connectivity index (χ0) is 22.4. The van der Waals surface area contributed by atoms with Gasteiger partial charge < -0.3 is 14.9 Å². The number of unbranched alkanes of at least 4 members (excludes halogenated alkanes) is 1. The largest absolute Gasteiger partial charge is 0.465 e. The third-order valence-corrected chi connectivity index (χ3v) is 6.02. The van der Waals surface area contributed by atoms with Gasteiger partial charge in [-0.25, -0.2) is 4.79 Å². The molecule has 2 N–H and O–H groups in total. The molecule has 1 aliphatic rings. The summed E-state index contributed by atoms with van der Waals surface area (Å²) in [6.07, 6.45) is 4.60. The summed E-state index contributed by atoms with van der Waals surface area (Å²) in [5.74, 6) is -0.828. The van der Waals surface area contributed by atoms with E-state index in [9.17, 15) is 19.8 Å². The number of aliphatic hydroxyl groups is 2. The van der Waals surface area contributed by atoms with E-state index in [0.29, 0.717) is 24.0 Å². The van der Waals surface area contributed by atoms with Crippen molar-refractivity contribution < 1.29 is 24.5 Å². The van der Waals surface area contributed by atoms with Crippen LogP contribution in [-0.2, 0) is 16.0 Å². The second kappa shape index (κ2) is 10.2. The maximum Gasteiger partial charge on any atom is 0.337 e. The lowest BCUT2D eigenvalue weighted by molar-refractivity contribution is -0.113. The first-order valence-electron chi connectivity index (χ1n) is 10.1. The van der Waals surface area contributed by atoms with Crippen LogP contribution in [0.3, 0.4) is 0 Å². The van der Waals surface area contributed by atoms with E-state index in [-0.39, 0.29) is 15.8 Å². The molecule has 2 aromatic rings. The molecule has 6 heteroatoms. The lowest BCUT2D eigenvalue weighted by Crippen LogP contribution is -2.41. The van der Waals surface area contributed by atoms with Crippen LogP contribution in [0.25, 0.3) is 6.08 Å². The molecule has 0 fully saturated rings. The van der Waals surface area contributed by atoms with Gasteiger partial charge >= 0.3 is 5.97 Å². The van der Waals surface area contributed by atoms with Crippen molar-refractivity contribution in [3.63, 3.8) is 0 Å². The number of rotatable bonds is 8. The normalized spacial score (nSPS) is 20.6. The average Bonchev–Trinajstić information content (AvgIpc) is 3.01. The molecule has 0 amide bonds. The predicted octanol–water partition coefficient (Wildman–Crippen LogP) is 4.22. The Morgan fingerprint density at radius 1 is 1.13 bits per heavy atom. The van der Waals surface area contributed by atoms with E-state index in [0.717, 1.165) is 12.8 Å². The molecule has 0 bridgehead atoms. The minimum atomic E-state index is -1.77. The Morgan fingerprint density at radius 2 is 1.81 bits per heavy atom. The molecule has 0 aromatic heterocycles. The van der Waals surface area contributed by atoms with Crippen molar-refractivity contribution in [1.82, 2.24) is 0 Å². The minimum absolute atomic E-state index is 0.0979. The summed E-state index contributed by atoms with van der Waals surface area (Å²) in [5, 5.41) is 22.0. The van der Waals surface area contributed by atoms with Crippen molar-refractivity contribution in [2.75, 3.05) is 7.11 Å². The number of aryl methyl sites for hydroxylation is 1. The number of ether oxygens (including phenoxy) is 1. The molecule has 31 heavy (non-hydrogen) atoms. The van der Waals surface area contributed by atoms with Crippen molar-refractivity contribution in [1.29, 1.82) is 0 Å². The molecule has 0 spiro atoms. The van der Waals surface area contributed by atoms with Crippen LogP contribution in [0.4, 0.5) is 0 Å². The molecule has 0 aliphatic heterocycles. The number of Topliss-reactive ketones (excluding diaryl/α,β-unsaturated/α-hetero) is 1. The lowest BCUT2D eigenvalue weighted by Gasteiger charge is -2.28. The summed E-state index contributed by atoms with van der Waals surface area (Å²) >= 11 is 3.19. The first kappa shape index (κ1) is 23.1. The van der Waals surface area contributed by atoms with E-state index >= 15 is 0 Å². The standard InChI is InChI=1S/C25H25BrO5/c1-31-24(29)19-13-11-18(12-14-19)15-20-23(28)21(26)16-25(20,30)22(27)10-6-5-9-17-7-3-2-4-8-17/h2-4,7-8,11-16,22,27,30H,5-6,9-10H2,1H3/b20-15+/t22-,25+/m1/s1. The Balaban J connectivity index is 1.71. The third kappa shape index (κ3) is 5.39. The molecule has 3 rings (SSSR count). The smallest absolute Gasteiger partial charge is 0.337 e. The highest BCUT2D eigenvalue weighted by Crippen LogP contribution is 2.38. The van der Waals surface area contributed by atoms with Gasteiger partial charge in [-0.1, -0.05) is 48.9 Å². The Hall–Kier alpha value is -2.54. The second-order valence-corrected chi connectivity index (χ2v) is 8.42. The van der Waals surface area contributed by atoms with Crippen LogP contribution in [0.1, 0.15) is 40.7 Å². The minimum Gasteiger partial charge on any atom is -0.465 e. The monoisotopic (exact) mass is 484 g/mol. The molecule has 0 saturated heterocycles. The molecule has 0 saturated carbocycles. The number of benzene rings is 2. The number of ketones is 1. The van der Waals surface area contributed by atoms with E-state index in [1.165, 1.54) is 18.7 Å². The highest BCUT2D eigenvalue weighted by molar-refractivity contribution is 9.12. The van der Waals surface area contributed by atoms with E-state index in [2.05, 4.69) is 32.8 Å². The second-order valence-electron chi connectivity index (χ2n) is 7.57. The number of hydrogen-bond donors (Lipinski definition) is 2. The van der Waals surface area contributed by atoms with Crippen LogP contribution in [0, 0.1) is 0 Å².